The zero-order valence-electron chi connectivity index (χ0n) is 12.1. The fourth-order valence-electron chi connectivity index (χ4n) is 1.79. The van der Waals surface area contributed by atoms with Crippen LogP contribution in [0.15, 0.2) is 52.7 Å². The molecule has 0 aromatic heterocycles. The largest absolute Gasteiger partial charge is 0.378 e. The first-order valence-corrected chi connectivity index (χ1v) is 6.41. The normalized spacial score (nSPS) is 10.8. The Morgan fingerprint density at radius 3 is 2.29 bits per heavy atom. The molecular weight excluding hydrogens is 268 g/mol. The third kappa shape index (κ3) is 3.62. The van der Waals surface area contributed by atoms with Crippen molar-refractivity contribution in [1.82, 2.24) is 0 Å². The summed E-state index contributed by atoms with van der Waals surface area (Å²) in [7, 11) is 3.90. The highest BCUT2D eigenvalue weighted by Gasteiger charge is 2.13. The maximum absolute atomic E-state index is 11.0. The van der Waals surface area contributed by atoms with E-state index in [2.05, 4.69) is 10.2 Å². The standard InChI is InChI=1S/C15H16N4O2/c1-11-4-9-14(15(10-11)19(20)21)17-16-12-5-7-13(8-6-12)18(2)3/h4-10H,1-3H3. The Morgan fingerprint density at radius 2 is 1.71 bits per heavy atom. The molecule has 2 aromatic rings. The summed E-state index contributed by atoms with van der Waals surface area (Å²) in [5.41, 5.74) is 2.73. The lowest BCUT2D eigenvalue weighted by atomic mass is 10.2. The number of rotatable bonds is 4. The van der Waals surface area contributed by atoms with Gasteiger partial charge in [-0.1, -0.05) is 6.07 Å². The fraction of sp³-hybridized carbons (Fsp3) is 0.200. The van der Waals surface area contributed by atoms with Crippen LogP contribution in [0.3, 0.4) is 0 Å². The van der Waals surface area contributed by atoms with E-state index in [1.807, 2.05) is 43.3 Å². The summed E-state index contributed by atoms with van der Waals surface area (Å²) in [5.74, 6) is 0. The monoisotopic (exact) mass is 284 g/mol. The molecule has 0 aliphatic carbocycles. The van der Waals surface area contributed by atoms with E-state index in [0.29, 0.717) is 5.69 Å². The average Bonchev–Trinajstić information content (AvgIpc) is 2.46. The van der Waals surface area contributed by atoms with E-state index in [0.717, 1.165) is 11.3 Å². The molecule has 0 aliphatic heterocycles. The van der Waals surface area contributed by atoms with Crippen LogP contribution in [0.1, 0.15) is 5.56 Å². The lowest BCUT2D eigenvalue weighted by molar-refractivity contribution is -0.384. The minimum Gasteiger partial charge on any atom is -0.378 e. The van der Waals surface area contributed by atoms with E-state index in [4.69, 9.17) is 0 Å². The van der Waals surface area contributed by atoms with Crippen molar-refractivity contribution in [3.63, 3.8) is 0 Å². The minimum atomic E-state index is -0.448. The number of nitro groups is 1. The van der Waals surface area contributed by atoms with Crippen LogP contribution in [-0.2, 0) is 0 Å². The lowest BCUT2D eigenvalue weighted by Gasteiger charge is -2.11. The first-order valence-electron chi connectivity index (χ1n) is 6.41. The molecule has 0 fully saturated rings. The summed E-state index contributed by atoms with van der Waals surface area (Å²) in [6.45, 7) is 1.80. The van der Waals surface area contributed by atoms with Crippen molar-refractivity contribution in [1.29, 1.82) is 0 Å². The molecule has 6 nitrogen and oxygen atoms in total. The lowest BCUT2D eigenvalue weighted by Crippen LogP contribution is -2.07. The van der Waals surface area contributed by atoms with Crippen molar-refractivity contribution in [2.75, 3.05) is 19.0 Å². The van der Waals surface area contributed by atoms with Gasteiger partial charge in [-0.15, -0.1) is 5.11 Å². The topological polar surface area (TPSA) is 71.1 Å². The maximum atomic E-state index is 11.0. The van der Waals surface area contributed by atoms with E-state index in [9.17, 15) is 10.1 Å². The van der Waals surface area contributed by atoms with Crippen LogP contribution in [0, 0.1) is 17.0 Å². The molecule has 0 N–H and O–H groups in total. The average molecular weight is 284 g/mol. The van der Waals surface area contributed by atoms with Gasteiger partial charge in [0.2, 0.25) is 0 Å². The minimum absolute atomic E-state index is 0.0383. The van der Waals surface area contributed by atoms with Gasteiger partial charge in [0.15, 0.2) is 5.69 Å². The number of aryl methyl sites for hydroxylation is 1. The van der Waals surface area contributed by atoms with Crippen LogP contribution in [-0.4, -0.2) is 19.0 Å². The molecule has 0 unspecified atom stereocenters. The Hall–Kier alpha value is -2.76. The molecule has 6 heteroatoms. The second kappa shape index (κ2) is 6.13. The van der Waals surface area contributed by atoms with E-state index in [1.54, 1.807) is 19.1 Å². The van der Waals surface area contributed by atoms with Crippen LogP contribution in [0.25, 0.3) is 0 Å². The van der Waals surface area contributed by atoms with Gasteiger partial charge in [-0.25, -0.2) is 0 Å². The SMILES string of the molecule is Cc1ccc(N=Nc2ccc(N(C)C)cc2)c([N+](=O)[O-])c1. The van der Waals surface area contributed by atoms with Gasteiger partial charge in [-0.05, 0) is 42.8 Å². The summed E-state index contributed by atoms with van der Waals surface area (Å²) in [4.78, 5) is 12.5. The molecule has 0 heterocycles. The Bertz CT molecular complexity index is 679. The molecule has 0 bridgehead atoms. The third-order valence-electron chi connectivity index (χ3n) is 2.97. The van der Waals surface area contributed by atoms with Gasteiger partial charge in [-0.2, -0.15) is 5.11 Å². The van der Waals surface area contributed by atoms with E-state index < -0.39 is 4.92 Å². The molecule has 0 saturated carbocycles. The molecular formula is C15H16N4O2. The van der Waals surface area contributed by atoms with Crippen LogP contribution < -0.4 is 4.90 Å². The van der Waals surface area contributed by atoms with Crippen LogP contribution in [0.2, 0.25) is 0 Å². The number of hydrogen-bond donors (Lipinski definition) is 0. The first-order chi connectivity index (χ1) is 9.97. The molecule has 108 valence electrons. The number of benzene rings is 2. The maximum Gasteiger partial charge on any atom is 0.296 e. The molecule has 0 spiro atoms. The first kappa shape index (κ1) is 14.6. The van der Waals surface area contributed by atoms with Crippen LogP contribution in [0.5, 0.6) is 0 Å². The number of nitro benzene ring substituents is 1. The van der Waals surface area contributed by atoms with Gasteiger partial charge in [-0.3, -0.25) is 10.1 Å². The van der Waals surface area contributed by atoms with Gasteiger partial charge in [0.05, 0.1) is 10.6 Å². The second-order valence-corrected chi connectivity index (χ2v) is 4.86. The fourth-order valence-corrected chi connectivity index (χ4v) is 1.79. The van der Waals surface area contributed by atoms with Gasteiger partial charge in [0, 0.05) is 25.8 Å². The number of azo groups is 1. The predicted octanol–water partition coefficient (Wildman–Crippen LogP) is 4.38. The molecule has 0 atom stereocenters. The molecule has 0 amide bonds. The molecule has 2 rings (SSSR count). The Morgan fingerprint density at radius 1 is 1.05 bits per heavy atom. The highest BCUT2D eigenvalue weighted by molar-refractivity contribution is 5.58. The summed E-state index contributed by atoms with van der Waals surface area (Å²) in [6.07, 6.45) is 0. The number of anilines is 1. The zero-order valence-corrected chi connectivity index (χ0v) is 12.1. The van der Waals surface area contributed by atoms with E-state index in [-0.39, 0.29) is 11.4 Å². The van der Waals surface area contributed by atoms with Gasteiger partial charge in [0.25, 0.3) is 5.69 Å². The number of hydrogen-bond acceptors (Lipinski definition) is 5. The Labute approximate surface area is 122 Å². The van der Waals surface area contributed by atoms with Gasteiger partial charge >= 0.3 is 0 Å². The van der Waals surface area contributed by atoms with Gasteiger partial charge in [0.1, 0.15) is 0 Å². The zero-order chi connectivity index (χ0) is 15.4. The van der Waals surface area contributed by atoms with Gasteiger partial charge < -0.3 is 4.90 Å². The highest BCUT2D eigenvalue weighted by Crippen LogP contribution is 2.30. The van der Waals surface area contributed by atoms with Crippen LogP contribution in [0.4, 0.5) is 22.7 Å². The van der Waals surface area contributed by atoms with Crippen molar-refractivity contribution in [3.8, 4) is 0 Å². The molecule has 0 aliphatic rings. The molecule has 21 heavy (non-hydrogen) atoms. The summed E-state index contributed by atoms with van der Waals surface area (Å²) in [6, 6.07) is 12.3. The highest BCUT2D eigenvalue weighted by atomic mass is 16.6. The van der Waals surface area contributed by atoms with E-state index in [1.165, 1.54) is 6.07 Å². The molecule has 2 aromatic carbocycles. The molecule has 0 radical (unpaired) electrons. The summed E-state index contributed by atoms with van der Waals surface area (Å²) >= 11 is 0. The van der Waals surface area contributed by atoms with Crippen molar-refractivity contribution in [3.05, 3.63) is 58.1 Å². The second-order valence-electron chi connectivity index (χ2n) is 4.86. The van der Waals surface area contributed by atoms with Crippen molar-refractivity contribution in [2.45, 2.75) is 6.92 Å². The summed E-state index contributed by atoms with van der Waals surface area (Å²) < 4.78 is 0. The van der Waals surface area contributed by atoms with Crippen molar-refractivity contribution in [2.24, 2.45) is 10.2 Å². The quantitative estimate of drug-likeness (QED) is 0.475. The van der Waals surface area contributed by atoms with Crippen molar-refractivity contribution >= 4 is 22.7 Å². The van der Waals surface area contributed by atoms with Crippen molar-refractivity contribution < 1.29 is 4.92 Å². The Balaban J connectivity index is 2.27. The predicted molar refractivity (Wildman–Crippen MR) is 82.8 cm³/mol. The molecule has 0 saturated heterocycles. The Kier molecular flexibility index (Phi) is 4.27. The third-order valence-corrected chi connectivity index (χ3v) is 2.97. The van der Waals surface area contributed by atoms with Crippen LogP contribution >= 0.6 is 0 Å². The van der Waals surface area contributed by atoms with E-state index >= 15 is 0 Å². The number of nitrogens with zero attached hydrogens (tertiary/aromatic N) is 4. The summed E-state index contributed by atoms with van der Waals surface area (Å²) in [5, 5.41) is 19.0. The smallest absolute Gasteiger partial charge is 0.296 e.